The maximum absolute atomic E-state index is 13.4. The van der Waals surface area contributed by atoms with Crippen molar-refractivity contribution in [3.8, 4) is 0 Å². The Bertz CT molecular complexity index is 1040. The zero-order valence-electron chi connectivity index (χ0n) is 30.3. The molecule has 1 aromatic carbocycles. The van der Waals surface area contributed by atoms with E-state index in [1.165, 1.54) is 5.56 Å². The quantitative estimate of drug-likeness (QED) is 0.109. The molecular formula is C38H64O7Si. The molecule has 0 saturated carbocycles. The third-order valence-electron chi connectivity index (χ3n) is 9.37. The topological polar surface area (TPSA) is 80.3 Å². The van der Waals surface area contributed by atoms with E-state index in [0.717, 1.165) is 51.0 Å². The smallest absolute Gasteiger partial charge is 0.311 e. The molecule has 7 nitrogen and oxygen atoms in total. The van der Waals surface area contributed by atoms with Crippen LogP contribution in [0, 0.1) is 23.7 Å². The molecule has 0 aliphatic carbocycles. The number of carbonyl (C=O) groups is 2. The molecular weight excluding hydrogens is 596 g/mol. The minimum absolute atomic E-state index is 0.0324. The number of esters is 2. The monoisotopic (exact) mass is 660 g/mol. The molecule has 0 radical (unpaired) electrons. The number of ether oxygens (including phenoxy) is 5. The average molecular weight is 661 g/mol. The van der Waals surface area contributed by atoms with Crippen molar-refractivity contribution in [2.45, 2.75) is 162 Å². The lowest BCUT2D eigenvalue weighted by Crippen LogP contribution is -2.34. The van der Waals surface area contributed by atoms with Gasteiger partial charge in [-0.05, 0) is 82.2 Å². The zero-order valence-corrected chi connectivity index (χ0v) is 31.3. The molecule has 2 aliphatic heterocycles. The maximum atomic E-state index is 13.4. The number of benzene rings is 1. The molecule has 8 heteroatoms. The van der Waals surface area contributed by atoms with Gasteiger partial charge in [0.05, 0.1) is 55.6 Å². The minimum Gasteiger partial charge on any atom is -0.466 e. The van der Waals surface area contributed by atoms with Crippen LogP contribution in [0.3, 0.4) is 0 Å². The second-order valence-corrected chi connectivity index (χ2v) is 21.6. The second kappa shape index (κ2) is 18.7. The first-order chi connectivity index (χ1) is 21.7. The number of hydrogen-bond acceptors (Lipinski definition) is 7. The summed E-state index contributed by atoms with van der Waals surface area (Å²) in [7, 11) is -1.26. The second-order valence-electron chi connectivity index (χ2n) is 16.0. The third-order valence-corrected chi connectivity index (χ3v) is 11.1. The van der Waals surface area contributed by atoms with E-state index in [1.54, 1.807) is 0 Å². The highest BCUT2D eigenvalue weighted by atomic mass is 28.3. The molecule has 0 N–H and O–H groups in total. The standard InChI is InChI=1S/C38H64O7Si/c1-26(2)21-33(42-25-30-13-11-10-12-14-30)23-31-15-18-36(43-31)29(6)38(40)45-34(22-27(3)4)24-32-16-17-35(44-32)28(5)37(39)41-19-20-46(7,8)9/h10-14,26-29,31-36H,15-25H2,1-9H3/t28-,29+,31-,32+,33-,34+,35-,36+/m0/s1. The molecule has 0 aromatic heterocycles. The van der Waals surface area contributed by atoms with Crippen LogP contribution in [0.5, 0.6) is 0 Å². The molecule has 0 spiro atoms. The molecule has 0 unspecified atom stereocenters. The SMILES string of the molecule is CC(C)C[C@@H](C[C@@H]1CC[C@H]([C@@H](C)C(=O)O[C@H](CC(C)C)C[C@H]2CC[C@@H]([C@H](C)C(=O)OCC[Si](C)(C)C)O2)O1)OCc1ccccc1. The first-order valence-electron chi connectivity index (χ1n) is 18.0. The summed E-state index contributed by atoms with van der Waals surface area (Å²) in [6.07, 6.45) is 6.34. The highest BCUT2D eigenvalue weighted by Gasteiger charge is 2.38. The van der Waals surface area contributed by atoms with Crippen LogP contribution in [0.2, 0.25) is 25.7 Å². The molecule has 2 fully saturated rings. The largest absolute Gasteiger partial charge is 0.466 e. The van der Waals surface area contributed by atoms with Crippen molar-refractivity contribution in [3.05, 3.63) is 35.9 Å². The zero-order chi connectivity index (χ0) is 33.9. The number of hydrogen-bond donors (Lipinski definition) is 0. The Labute approximate surface area is 280 Å². The summed E-state index contributed by atoms with van der Waals surface area (Å²) in [6.45, 7) is 20.5. The highest BCUT2D eigenvalue weighted by molar-refractivity contribution is 6.76. The molecule has 8 atom stereocenters. The van der Waals surface area contributed by atoms with Gasteiger partial charge in [-0.15, -0.1) is 0 Å². The van der Waals surface area contributed by atoms with Crippen LogP contribution < -0.4 is 0 Å². The molecule has 3 rings (SSSR count). The van der Waals surface area contributed by atoms with Gasteiger partial charge in [0.25, 0.3) is 0 Å². The van der Waals surface area contributed by atoms with Crippen molar-refractivity contribution < 1.29 is 33.3 Å². The summed E-state index contributed by atoms with van der Waals surface area (Å²) in [5.41, 5.74) is 1.18. The first kappa shape index (κ1) is 38.7. The summed E-state index contributed by atoms with van der Waals surface area (Å²) in [5, 5.41) is 0. The summed E-state index contributed by atoms with van der Waals surface area (Å²) < 4.78 is 30.9. The Morgan fingerprint density at radius 2 is 1.28 bits per heavy atom. The van der Waals surface area contributed by atoms with E-state index in [4.69, 9.17) is 23.7 Å². The van der Waals surface area contributed by atoms with E-state index in [1.807, 2.05) is 32.0 Å². The Morgan fingerprint density at radius 1 is 0.761 bits per heavy atom. The fourth-order valence-corrected chi connectivity index (χ4v) is 7.28. The number of rotatable bonds is 19. The van der Waals surface area contributed by atoms with Gasteiger partial charge in [0, 0.05) is 14.5 Å². The average Bonchev–Trinajstić information content (AvgIpc) is 3.64. The van der Waals surface area contributed by atoms with Gasteiger partial charge in [-0.3, -0.25) is 9.59 Å². The normalized spacial score (nSPS) is 24.6. The van der Waals surface area contributed by atoms with Gasteiger partial charge in [-0.1, -0.05) is 77.7 Å². The van der Waals surface area contributed by atoms with Gasteiger partial charge in [-0.2, -0.15) is 0 Å². The molecule has 262 valence electrons. The fraction of sp³-hybridized carbons (Fsp3) is 0.789. The predicted molar refractivity (Wildman–Crippen MR) is 186 cm³/mol. The van der Waals surface area contributed by atoms with Gasteiger partial charge >= 0.3 is 11.9 Å². The van der Waals surface area contributed by atoms with Crippen LogP contribution in [0.25, 0.3) is 0 Å². The minimum atomic E-state index is -1.26. The molecule has 46 heavy (non-hydrogen) atoms. The van der Waals surface area contributed by atoms with E-state index in [0.29, 0.717) is 31.5 Å². The molecule has 1 aromatic rings. The summed E-state index contributed by atoms with van der Waals surface area (Å²) >= 11 is 0. The maximum Gasteiger partial charge on any atom is 0.311 e. The van der Waals surface area contributed by atoms with Crippen molar-refractivity contribution in [1.29, 1.82) is 0 Å². The van der Waals surface area contributed by atoms with Crippen LogP contribution in [-0.4, -0.2) is 63.2 Å². The third kappa shape index (κ3) is 13.8. The van der Waals surface area contributed by atoms with E-state index in [-0.39, 0.29) is 60.4 Å². The van der Waals surface area contributed by atoms with Gasteiger partial charge in [0.15, 0.2) is 0 Å². The van der Waals surface area contributed by atoms with Crippen LogP contribution in [-0.2, 0) is 39.9 Å². The first-order valence-corrected chi connectivity index (χ1v) is 21.7. The lowest BCUT2D eigenvalue weighted by atomic mass is 9.97. The van der Waals surface area contributed by atoms with Crippen LogP contribution >= 0.6 is 0 Å². The van der Waals surface area contributed by atoms with Gasteiger partial charge in [-0.25, -0.2) is 0 Å². The predicted octanol–water partition coefficient (Wildman–Crippen LogP) is 8.60. The van der Waals surface area contributed by atoms with E-state index >= 15 is 0 Å². The van der Waals surface area contributed by atoms with Crippen molar-refractivity contribution in [2.75, 3.05) is 6.61 Å². The Kier molecular flexibility index (Phi) is 15.7. The molecule has 0 amide bonds. The molecule has 2 aliphatic rings. The van der Waals surface area contributed by atoms with Crippen LogP contribution in [0.4, 0.5) is 0 Å². The lowest BCUT2D eigenvalue weighted by Gasteiger charge is -2.27. The Morgan fingerprint density at radius 3 is 1.83 bits per heavy atom. The van der Waals surface area contributed by atoms with Crippen molar-refractivity contribution >= 4 is 20.0 Å². The van der Waals surface area contributed by atoms with E-state index < -0.39 is 8.07 Å². The summed E-state index contributed by atoms with van der Waals surface area (Å²) in [5.74, 6) is -0.0850. The van der Waals surface area contributed by atoms with Crippen LogP contribution in [0.15, 0.2) is 30.3 Å². The Balaban J connectivity index is 1.47. The van der Waals surface area contributed by atoms with Gasteiger partial charge in [0.2, 0.25) is 0 Å². The van der Waals surface area contributed by atoms with Crippen molar-refractivity contribution in [2.24, 2.45) is 23.7 Å². The van der Waals surface area contributed by atoms with E-state index in [2.05, 4.69) is 59.5 Å². The highest BCUT2D eigenvalue weighted by Crippen LogP contribution is 2.33. The lowest BCUT2D eigenvalue weighted by molar-refractivity contribution is -0.161. The van der Waals surface area contributed by atoms with Crippen molar-refractivity contribution in [1.82, 2.24) is 0 Å². The van der Waals surface area contributed by atoms with Crippen LogP contribution in [0.1, 0.15) is 98.5 Å². The fourth-order valence-electron chi connectivity index (χ4n) is 6.56. The van der Waals surface area contributed by atoms with Gasteiger partial charge < -0.3 is 23.7 Å². The number of carbonyl (C=O) groups excluding carboxylic acids is 2. The summed E-state index contributed by atoms with van der Waals surface area (Å²) in [4.78, 5) is 26.1. The molecule has 2 heterocycles. The van der Waals surface area contributed by atoms with E-state index in [9.17, 15) is 9.59 Å². The van der Waals surface area contributed by atoms with Crippen molar-refractivity contribution in [3.63, 3.8) is 0 Å². The van der Waals surface area contributed by atoms with Gasteiger partial charge in [0.1, 0.15) is 6.10 Å². The molecule has 0 bridgehead atoms. The Hall–Kier alpha value is -1.74. The summed E-state index contributed by atoms with van der Waals surface area (Å²) in [6, 6.07) is 11.3. The molecule has 2 saturated heterocycles.